The molecule has 1 aromatic carbocycles. The molecule has 1 aromatic rings. The van der Waals surface area contributed by atoms with Gasteiger partial charge >= 0.3 is 0 Å². The lowest BCUT2D eigenvalue weighted by molar-refractivity contribution is 0.139. The summed E-state index contributed by atoms with van der Waals surface area (Å²) in [5.41, 5.74) is 8.23. The third kappa shape index (κ3) is 1.34. The molecular weight excluding hydrogens is 178 g/mol. The molecule has 3 heteroatoms. The summed E-state index contributed by atoms with van der Waals surface area (Å²) in [6.07, 6.45) is 0.809. The van der Waals surface area contributed by atoms with E-state index in [1.54, 1.807) is 6.07 Å². The van der Waals surface area contributed by atoms with Crippen LogP contribution in [0.25, 0.3) is 0 Å². The fraction of sp³-hybridized carbons (Fsp3) is 0.455. The van der Waals surface area contributed by atoms with Crippen LogP contribution < -0.4 is 10.5 Å². The molecule has 14 heavy (non-hydrogen) atoms. The van der Waals surface area contributed by atoms with Gasteiger partial charge in [-0.1, -0.05) is 6.07 Å². The van der Waals surface area contributed by atoms with E-state index in [0.717, 1.165) is 23.3 Å². The number of aliphatic hydroxyl groups excluding tert-OH is 1. The first kappa shape index (κ1) is 9.34. The number of nitrogens with two attached hydrogens (primary N) is 1. The molecule has 3 nitrogen and oxygen atoms in total. The highest BCUT2D eigenvalue weighted by molar-refractivity contribution is 5.61. The van der Waals surface area contributed by atoms with Gasteiger partial charge in [0.05, 0.1) is 12.3 Å². The Morgan fingerprint density at radius 1 is 1.50 bits per heavy atom. The number of rotatable bonds is 1. The summed E-state index contributed by atoms with van der Waals surface area (Å²) in [6, 6.07) is 3.64. The van der Waals surface area contributed by atoms with Crippen molar-refractivity contribution in [3.05, 3.63) is 23.3 Å². The third-order valence-electron chi connectivity index (χ3n) is 2.54. The number of benzene rings is 1. The van der Waals surface area contributed by atoms with Crippen LogP contribution in [0.5, 0.6) is 5.75 Å². The number of nitrogen functional groups attached to an aromatic ring is 1. The fourth-order valence-corrected chi connectivity index (χ4v) is 1.89. The molecule has 1 aliphatic rings. The highest BCUT2D eigenvalue weighted by Crippen LogP contribution is 2.41. The van der Waals surface area contributed by atoms with Gasteiger partial charge in [0.1, 0.15) is 11.4 Å². The second-order valence-corrected chi connectivity index (χ2v) is 4.32. The summed E-state index contributed by atoms with van der Waals surface area (Å²) in [7, 11) is 0. The number of ether oxygens (including phenoxy) is 1. The Hall–Kier alpha value is -1.22. The maximum absolute atomic E-state index is 9.17. The molecule has 1 heterocycles. The topological polar surface area (TPSA) is 55.5 Å². The molecule has 0 amide bonds. The average Bonchev–Trinajstić information content (AvgIpc) is 2.42. The van der Waals surface area contributed by atoms with Crippen LogP contribution in [0.15, 0.2) is 12.1 Å². The van der Waals surface area contributed by atoms with Crippen molar-refractivity contribution < 1.29 is 9.84 Å². The van der Waals surface area contributed by atoms with Crippen molar-refractivity contribution in [2.24, 2.45) is 0 Å². The lowest BCUT2D eigenvalue weighted by Gasteiger charge is -2.17. The first-order valence-corrected chi connectivity index (χ1v) is 4.73. The van der Waals surface area contributed by atoms with Crippen LogP contribution in [-0.4, -0.2) is 10.7 Å². The van der Waals surface area contributed by atoms with Crippen LogP contribution >= 0.6 is 0 Å². The van der Waals surface area contributed by atoms with Crippen molar-refractivity contribution >= 4 is 5.69 Å². The lowest BCUT2D eigenvalue weighted by atomic mass is 9.97. The Labute approximate surface area is 83.5 Å². The van der Waals surface area contributed by atoms with Crippen LogP contribution in [0.1, 0.15) is 25.0 Å². The summed E-state index contributed by atoms with van der Waals surface area (Å²) in [4.78, 5) is 0. The summed E-state index contributed by atoms with van der Waals surface area (Å²) in [5.74, 6) is 0.751. The lowest BCUT2D eigenvalue weighted by Crippen LogP contribution is -2.25. The smallest absolute Gasteiger partial charge is 0.146 e. The highest BCUT2D eigenvalue weighted by atomic mass is 16.5. The Bertz CT molecular complexity index is 372. The second-order valence-electron chi connectivity index (χ2n) is 4.32. The van der Waals surface area contributed by atoms with Gasteiger partial charge in [0.25, 0.3) is 0 Å². The van der Waals surface area contributed by atoms with E-state index in [1.807, 2.05) is 19.9 Å². The standard InChI is InChI=1S/C11H15NO2/c1-11(2)5-8-7(6-13)3-4-9(12)10(8)14-11/h3-4,13H,5-6,12H2,1-2H3. The molecule has 1 aliphatic heterocycles. The van der Waals surface area contributed by atoms with Gasteiger partial charge in [-0.25, -0.2) is 0 Å². The number of aliphatic hydroxyl groups is 1. The quantitative estimate of drug-likeness (QED) is 0.664. The Balaban J connectivity index is 2.53. The van der Waals surface area contributed by atoms with E-state index < -0.39 is 0 Å². The molecule has 3 N–H and O–H groups in total. The predicted octanol–water partition coefficient (Wildman–Crippen LogP) is 1.47. The fourth-order valence-electron chi connectivity index (χ4n) is 1.89. The molecule has 0 atom stereocenters. The first-order chi connectivity index (χ1) is 6.53. The van der Waals surface area contributed by atoms with Crippen molar-refractivity contribution in [2.75, 3.05) is 5.73 Å². The SMILES string of the molecule is CC1(C)Cc2c(CO)ccc(N)c2O1. The largest absolute Gasteiger partial charge is 0.485 e. The zero-order valence-corrected chi connectivity index (χ0v) is 8.50. The minimum absolute atomic E-state index is 0.0437. The maximum Gasteiger partial charge on any atom is 0.146 e. The number of hydrogen-bond acceptors (Lipinski definition) is 3. The Morgan fingerprint density at radius 3 is 2.86 bits per heavy atom. The van der Waals surface area contributed by atoms with E-state index in [9.17, 15) is 0 Å². The molecule has 0 saturated carbocycles. The number of hydrogen-bond donors (Lipinski definition) is 2. The zero-order chi connectivity index (χ0) is 10.3. The van der Waals surface area contributed by atoms with Gasteiger partial charge in [-0.15, -0.1) is 0 Å². The van der Waals surface area contributed by atoms with Crippen molar-refractivity contribution in [2.45, 2.75) is 32.5 Å². The predicted molar refractivity (Wildman–Crippen MR) is 55.2 cm³/mol. The van der Waals surface area contributed by atoms with Crippen molar-refractivity contribution in [3.63, 3.8) is 0 Å². The molecule has 0 radical (unpaired) electrons. The van der Waals surface area contributed by atoms with Crippen LogP contribution in [0, 0.1) is 0 Å². The van der Waals surface area contributed by atoms with Crippen molar-refractivity contribution in [1.29, 1.82) is 0 Å². The van der Waals surface area contributed by atoms with E-state index in [0.29, 0.717) is 5.69 Å². The molecular formula is C11H15NO2. The molecule has 0 bridgehead atoms. The normalized spacial score (nSPS) is 17.6. The Kier molecular flexibility index (Phi) is 1.93. The van der Waals surface area contributed by atoms with E-state index in [2.05, 4.69) is 0 Å². The van der Waals surface area contributed by atoms with Crippen LogP contribution in [0.4, 0.5) is 5.69 Å². The van der Waals surface area contributed by atoms with Crippen LogP contribution in [0.3, 0.4) is 0 Å². The van der Waals surface area contributed by atoms with Gasteiger partial charge < -0.3 is 15.6 Å². The molecule has 0 spiro atoms. The molecule has 0 aliphatic carbocycles. The minimum Gasteiger partial charge on any atom is -0.485 e. The van der Waals surface area contributed by atoms with Gasteiger partial charge in [0.2, 0.25) is 0 Å². The van der Waals surface area contributed by atoms with Crippen LogP contribution in [-0.2, 0) is 13.0 Å². The van der Waals surface area contributed by atoms with Gasteiger partial charge in [-0.05, 0) is 25.5 Å². The third-order valence-corrected chi connectivity index (χ3v) is 2.54. The van der Waals surface area contributed by atoms with Gasteiger partial charge in [-0.3, -0.25) is 0 Å². The van der Waals surface area contributed by atoms with E-state index >= 15 is 0 Å². The first-order valence-electron chi connectivity index (χ1n) is 4.73. The monoisotopic (exact) mass is 193 g/mol. The summed E-state index contributed by atoms with van der Waals surface area (Å²) in [6.45, 7) is 4.09. The van der Waals surface area contributed by atoms with Crippen molar-refractivity contribution in [1.82, 2.24) is 0 Å². The number of fused-ring (bicyclic) bond motifs is 1. The molecule has 0 fully saturated rings. The molecule has 76 valence electrons. The highest BCUT2D eigenvalue weighted by Gasteiger charge is 2.32. The minimum atomic E-state index is -0.207. The molecule has 0 aromatic heterocycles. The summed E-state index contributed by atoms with van der Waals surface area (Å²) >= 11 is 0. The van der Waals surface area contributed by atoms with E-state index in [4.69, 9.17) is 15.6 Å². The molecule has 2 rings (SSSR count). The van der Waals surface area contributed by atoms with Gasteiger partial charge in [0, 0.05) is 12.0 Å². The van der Waals surface area contributed by atoms with Gasteiger partial charge in [-0.2, -0.15) is 0 Å². The van der Waals surface area contributed by atoms with Gasteiger partial charge in [0.15, 0.2) is 0 Å². The van der Waals surface area contributed by atoms with E-state index in [-0.39, 0.29) is 12.2 Å². The van der Waals surface area contributed by atoms with E-state index in [1.165, 1.54) is 0 Å². The average molecular weight is 193 g/mol. The molecule has 0 unspecified atom stereocenters. The van der Waals surface area contributed by atoms with Crippen molar-refractivity contribution in [3.8, 4) is 5.75 Å². The second kappa shape index (κ2) is 2.89. The summed E-state index contributed by atoms with van der Waals surface area (Å²) in [5, 5.41) is 9.17. The Morgan fingerprint density at radius 2 is 2.21 bits per heavy atom. The molecule has 0 saturated heterocycles. The maximum atomic E-state index is 9.17. The van der Waals surface area contributed by atoms with Crippen LogP contribution in [0.2, 0.25) is 0 Å². The summed E-state index contributed by atoms with van der Waals surface area (Å²) < 4.78 is 5.73. The zero-order valence-electron chi connectivity index (χ0n) is 8.50. The number of anilines is 1.